The quantitative estimate of drug-likeness (QED) is 0.829. The van der Waals surface area contributed by atoms with Crippen LogP contribution in [0.5, 0.6) is 0 Å². The number of aryl methyl sites for hydroxylation is 1. The van der Waals surface area contributed by atoms with Crippen molar-refractivity contribution in [3.05, 3.63) is 35.4 Å². The number of nitrogens with one attached hydrogen (secondary N) is 1. The summed E-state index contributed by atoms with van der Waals surface area (Å²) in [6, 6.07) is 7.76. The molecule has 1 rings (SSSR count). The highest BCUT2D eigenvalue weighted by Gasteiger charge is 2.02. The van der Waals surface area contributed by atoms with Gasteiger partial charge in [-0.05, 0) is 30.5 Å². The largest absolute Gasteiger partial charge is 0.352 e. The lowest BCUT2D eigenvalue weighted by Crippen LogP contribution is -2.23. The lowest BCUT2D eigenvalue weighted by molar-refractivity contribution is 0.0953. The second-order valence-electron chi connectivity index (χ2n) is 3.31. The van der Waals surface area contributed by atoms with Crippen molar-refractivity contribution in [2.75, 3.05) is 6.54 Å². The molecule has 1 amide bonds. The molecule has 90 valence electrons. The zero-order valence-electron chi connectivity index (χ0n) is 10.8. The first-order valence-corrected chi connectivity index (χ1v) is 6.15. The summed E-state index contributed by atoms with van der Waals surface area (Å²) in [7, 11) is 0. The van der Waals surface area contributed by atoms with Gasteiger partial charge in [-0.25, -0.2) is 0 Å². The molecule has 2 nitrogen and oxygen atoms in total. The zero-order chi connectivity index (χ0) is 12.4. The monoisotopic (exact) mass is 221 g/mol. The first-order chi connectivity index (χ1) is 7.77. The molecule has 0 saturated carbocycles. The fourth-order valence-corrected chi connectivity index (χ4v) is 1.23. The maximum atomic E-state index is 11.5. The number of rotatable bonds is 4. The average molecular weight is 221 g/mol. The Hall–Kier alpha value is -1.31. The summed E-state index contributed by atoms with van der Waals surface area (Å²) in [5, 5.41) is 2.85. The number of amides is 1. The first-order valence-electron chi connectivity index (χ1n) is 6.15. The summed E-state index contributed by atoms with van der Waals surface area (Å²) in [5.41, 5.74) is 2.01. The molecule has 0 aliphatic rings. The van der Waals surface area contributed by atoms with Crippen molar-refractivity contribution < 1.29 is 4.79 Å². The Kier molecular flexibility index (Phi) is 8.22. The standard InChI is InChI=1S/C12H17NO.C2H6/c1-3-9-13-12(14)11-7-5-10(4-2)6-8-11;1-2/h5-8H,3-4,9H2,1-2H3,(H,13,14);1-2H3. The Morgan fingerprint density at radius 2 is 1.69 bits per heavy atom. The molecule has 1 N–H and O–H groups in total. The number of carbonyl (C=O) groups excluding carboxylic acids is 1. The van der Waals surface area contributed by atoms with Crippen molar-refractivity contribution in [1.29, 1.82) is 0 Å². The van der Waals surface area contributed by atoms with Crippen molar-refractivity contribution in [2.45, 2.75) is 40.5 Å². The minimum absolute atomic E-state index is 0.0227. The van der Waals surface area contributed by atoms with Gasteiger partial charge in [0.1, 0.15) is 0 Å². The van der Waals surface area contributed by atoms with Crippen LogP contribution in [0.3, 0.4) is 0 Å². The Balaban J connectivity index is 0.00000106. The maximum absolute atomic E-state index is 11.5. The topological polar surface area (TPSA) is 29.1 Å². The van der Waals surface area contributed by atoms with Gasteiger partial charge in [0.2, 0.25) is 0 Å². The van der Waals surface area contributed by atoms with Crippen LogP contribution in [0.15, 0.2) is 24.3 Å². The van der Waals surface area contributed by atoms with Gasteiger partial charge in [-0.2, -0.15) is 0 Å². The highest BCUT2D eigenvalue weighted by Crippen LogP contribution is 2.04. The summed E-state index contributed by atoms with van der Waals surface area (Å²) in [6.45, 7) is 8.89. The number of benzene rings is 1. The highest BCUT2D eigenvalue weighted by molar-refractivity contribution is 5.94. The normalized spacial score (nSPS) is 9.00. The predicted molar refractivity (Wildman–Crippen MR) is 69.8 cm³/mol. The minimum atomic E-state index is 0.0227. The molecule has 0 heterocycles. The molecule has 0 unspecified atom stereocenters. The molecule has 0 bridgehead atoms. The van der Waals surface area contributed by atoms with E-state index in [0.29, 0.717) is 0 Å². The van der Waals surface area contributed by atoms with Crippen molar-refractivity contribution in [3.63, 3.8) is 0 Å². The molecular formula is C14H23NO. The molecule has 1 aromatic rings. The number of hydrogen-bond acceptors (Lipinski definition) is 1. The Labute approximate surface area is 99.1 Å². The second-order valence-corrected chi connectivity index (χ2v) is 3.31. The fourth-order valence-electron chi connectivity index (χ4n) is 1.23. The third kappa shape index (κ3) is 4.96. The van der Waals surface area contributed by atoms with Crippen LogP contribution < -0.4 is 5.32 Å². The number of hydrogen-bond donors (Lipinski definition) is 1. The molecule has 0 aliphatic carbocycles. The van der Waals surface area contributed by atoms with Gasteiger partial charge in [0.25, 0.3) is 5.91 Å². The smallest absolute Gasteiger partial charge is 0.251 e. The van der Waals surface area contributed by atoms with Crippen LogP contribution in [0.4, 0.5) is 0 Å². The molecule has 0 aliphatic heterocycles. The predicted octanol–water partition coefficient (Wildman–Crippen LogP) is 3.42. The van der Waals surface area contributed by atoms with Gasteiger partial charge < -0.3 is 5.32 Å². The van der Waals surface area contributed by atoms with E-state index in [1.807, 2.05) is 45.0 Å². The summed E-state index contributed by atoms with van der Waals surface area (Å²) in [5.74, 6) is 0.0227. The average Bonchev–Trinajstić information content (AvgIpc) is 2.38. The van der Waals surface area contributed by atoms with Gasteiger partial charge in [-0.3, -0.25) is 4.79 Å². The molecule has 0 fully saturated rings. The van der Waals surface area contributed by atoms with Gasteiger partial charge in [-0.1, -0.05) is 39.8 Å². The van der Waals surface area contributed by atoms with E-state index in [2.05, 4.69) is 12.2 Å². The van der Waals surface area contributed by atoms with Crippen molar-refractivity contribution in [2.24, 2.45) is 0 Å². The molecule has 0 saturated heterocycles. The van der Waals surface area contributed by atoms with Crippen LogP contribution in [0.2, 0.25) is 0 Å². The summed E-state index contributed by atoms with van der Waals surface area (Å²) >= 11 is 0. The molecule has 16 heavy (non-hydrogen) atoms. The minimum Gasteiger partial charge on any atom is -0.352 e. The van der Waals surface area contributed by atoms with E-state index in [0.717, 1.165) is 24.9 Å². The summed E-state index contributed by atoms with van der Waals surface area (Å²) < 4.78 is 0. The first kappa shape index (κ1) is 14.7. The lowest BCUT2D eigenvalue weighted by atomic mass is 10.1. The van der Waals surface area contributed by atoms with E-state index in [4.69, 9.17) is 0 Å². The van der Waals surface area contributed by atoms with E-state index >= 15 is 0 Å². The van der Waals surface area contributed by atoms with Crippen LogP contribution in [0.25, 0.3) is 0 Å². The summed E-state index contributed by atoms with van der Waals surface area (Å²) in [4.78, 5) is 11.5. The number of carbonyl (C=O) groups is 1. The molecule has 0 aromatic heterocycles. The van der Waals surface area contributed by atoms with Crippen LogP contribution in [0.1, 0.15) is 50.0 Å². The van der Waals surface area contributed by atoms with E-state index in [1.165, 1.54) is 5.56 Å². The zero-order valence-corrected chi connectivity index (χ0v) is 10.8. The lowest BCUT2D eigenvalue weighted by Gasteiger charge is -2.03. The molecule has 2 heteroatoms. The van der Waals surface area contributed by atoms with E-state index in [1.54, 1.807) is 0 Å². The van der Waals surface area contributed by atoms with Crippen LogP contribution in [-0.4, -0.2) is 12.5 Å². The van der Waals surface area contributed by atoms with Crippen molar-refractivity contribution in [3.8, 4) is 0 Å². The molecule has 0 atom stereocenters. The SMILES string of the molecule is CC.CCCNC(=O)c1ccc(CC)cc1. The second kappa shape index (κ2) is 8.96. The van der Waals surface area contributed by atoms with Gasteiger partial charge in [0, 0.05) is 12.1 Å². The van der Waals surface area contributed by atoms with Crippen LogP contribution in [0, 0.1) is 0 Å². The van der Waals surface area contributed by atoms with Gasteiger partial charge in [-0.15, -0.1) is 0 Å². The van der Waals surface area contributed by atoms with E-state index < -0.39 is 0 Å². The third-order valence-corrected chi connectivity index (χ3v) is 2.16. The molecule has 0 radical (unpaired) electrons. The summed E-state index contributed by atoms with van der Waals surface area (Å²) in [6.07, 6.45) is 1.98. The Morgan fingerprint density at radius 3 is 2.12 bits per heavy atom. The molecular weight excluding hydrogens is 198 g/mol. The highest BCUT2D eigenvalue weighted by atomic mass is 16.1. The van der Waals surface area contributed by atoms with Gasteiger partial charge in [0.15, 0.2) is 0 Å². The van der Waals surface area contributed by atoms with Crippen molar-refractivity contribution in [1.82, 2.24) is 5.32 Å². The third-order valence-electron chi connectivity index (χ3n) is 2.16. The van der Waals surface area contributed by atoms with Crippen LogP contribution in [-0.2, 0) is 6.42 Å². The fraction of sp³-hybridized carbons (Fsp3) is 0.500. The Bertz CT molecular complexity index is 290. The molecule has 1 aromatic carbocycles. The van der Waals surface area contributed by atoms with Crippen molar-refractivity contribution >= 4 is 5.91 Å². The Morgan fingerprint density at radius 1 is 1.12 bits per heavy atom. The van der Waals surface area contributed by atoms with Crippen LogP contribution >= 0.6 is 0 Å². The van der Waals surface area contributed by atoms with E-state index in [9.17, 15) is 4.79 Å². The van der Waals surface area contributed by atoms with Gasteiger partial charge in [0.05, 0.1) is 0 Å². The maximum Gasteiger partial charge on any atom is 0.251 e. The van der Waals surface area contributed by atoms with E-state index in [-0.39, 0.29) is 5.91 Å². The molecule has 0 spiro atoms. The van der Waals surface area contributed by atoms with Gasteiger partial charge >= 0.3 is 0 Å².